The van der Waals surface area contributed by atoms with Gasteiger partial charge in [0.1, 0.15) is 0 Å². The molecule has 1 aromatic carbocycles. The first kappa shape index (κ1) is 21.6. The minimum atomic E-state index is -0.927. The molecule has 0 atom stereocenters. The standard InChI is InChI=1S/C24H31N7O2/c25-17-9-11-18(12-10-17)28-24-29-21(26-13-15-5-7-16(8-6-15)23(32)33)20-22(30-24)31(14-27-20)19-3-1-2-4-19/h5-8,14,17-19H,1-4,9-13,25H2,(H,32,33)(H2,26,28,29,30)/t17-,18-. The van der Waals surface area contributed by atoms with Gasteiger partial charge in [0.2, 0.25) is 5.95 Å². The summed E-state index contributed by atoms with van der Waals surface area (Å²) in [7, 11) is 0. The average molecular weight is 450 g/mol. The van der Waals surface area contributed by atoms with E-state index in [1.807, 2.05) is 18.5 Å². The number of nitrogens with one attached hydrogen (secondary N) is 2. The van der Waals surface area contributed by atoms with Gasteiger partial charge in [0.25, 0.3) is 0 Å². The van der Waals surface area contributed by atoms with Crippen LogP contribution >= 0.6 is 0 Å². The monoisotopic (exact) mass is 449 g/mol. The number of carboxylic acids is 1. The zero-order chi connectivity index (χ0) is 22.8. The molecule has 3 aromatic rings. The Balaban J connectivity index is 1.41. The number of rotatable bonds is 7. The van der Waals surface area contributed by atoms with Gasteiger partial charge < -0.3 is 26.0 Å². The smallest absolute Gasteiger partial charge is 0.335 e. The van der Waals surface area contributed by atoms with Gasteiger partial charge in [0, 0.05) is 24.7 Å². The van der Waals surface area contributed by atoms with Gasteiger partial charge >= 0.3 is 5.97 Å². The van der Waals surface area contributed by atoms with Gasteiger partial charge in [-0.1, -0.05) is 25.0 Å². The van der Waals surface area contributed by atoms with Gasteiger partial charge in [0.05, 0.1) is 11.9 Å². The molecule has 2 heterocycles. The number of carboxylic acid groups (broad SMARTS) is 1. The van der Waals surface area contributed by atoms with E-state index < -0.39 is 5.97 Å². The normalized spacial score (nSPS) is 21.4. The quantitative estimate of drug-likeness (QED) is 0.427. The Labute approximate surface area is 192 Å². The van der Waals surface area contributed by atoms with Crippen LogP contribution in [0, 0.1) is 0 Å². The maximum atomic E-state index is 11.1. The second-order valence-corrected chi connectivity index (χ2v) is 9.27. The fourth-order valence-electron chi connectivity index (χ4n) is 4.95. The van der Waals surface area contributed by atoms with Crippen LogP contribution in [0.1, 0.15) is 73.3 Å². The Hall–Kier alpha value is -3.20. The lowest BCUT2D eigenvalue weighted by molar-refractivity contribution is 0.0697. The summed E-state index contributed by atoms with van der Waals surface area (Å²) in [4.78, 5) is 25.4. The second-order valence-electron chi connectivity index (χ2n) is 9.27. The van der Waals surface area contributed by atoms with Crippen LogP contribution in [0.25, 0.3) is 11.2 Å². The molecule has 0 saturated heterocycles. The molecule has 5 N–H and O–H groups in total. The number of nitrogens with two attached hydrogens (primary N) is 1. The number of imidazole rings is 1. The molecule has 5 rings (SSSR count). The van der Waals surface area contributed by atoms with Gasteiger partial charge in [-0.15, -0.1) is 0 Å². The Morgan fingerprint density at radius 3 is 2.48 bits per heavy atom. The van der Waals surface area contributed by atoms with E-state index in [9.17, 15) is 4.79 Å². The first-order valence-corrected chi connectivity index (χ1v) is 11.9. The number of aromatic nitrogens is 4. The number of hydrogen-bond acceptors (Lipinski definition) is 7. The van der Waals surface area contributed by atoms with Crippen molar-refractivity contribution in [2.24, 2.45) is 5.73 Å². The third-order valence-electron chi connectivity index (χ3n) is 6.91. The third kappa shape index (κ3) is 4.78. The van der Waals surface area contributed by atoms with E-state index in [0.717, 1.165) is 55.3 Å². The van der Waals surface area contributed by atoms with Crippen molar-refractivity contribution in [3.05, 3.63) is 41.7 Å². The number of nitrogens with zero attached hydrogens (tertiary/aromatic N) is 4. The van der Waals surface area contributed by atoms with Crippen LogP contribution < -0.4 is 16.4 Å². The summed E-state index contributed by atoms with van der Waals surface area (Å²) >= 11 is 0. The fraction of sp³-hybridized carbons (Fsp3) is 0.500. The maximum absolute atomic E-state index is 11.1. The molecule has 2 aliphatic rings. The summed E-state index contributed by atoms with van der Waals surface area (Å²) in [5.74, 6) is 0.379. The topological polar surface area (TPSA) is 131 Å². The largest absolute Gasteiger partial charge is 0.478 e. The highest BCUT2D eigenvalue weighted by Gasteiger charge is 2.23. The van der Waals surface area contributed by atoms with E-state index in [2.05, 4.69) is 20.2 Å². The highest BCUT2D eigenvalue weighted by atomic mass is 16.4. The van der Waals surface area contributed by atoms with E-state index in [1.165, 1.54) is 12.8 Å². The second kappa shape index (κ2) is 9.35. The number of fused-ring (bicyclic) bond motifs is 1. The fourth-order valence-corrected chi connectivity index (χ4v) is 4.95. The van der Waals surface area contributed by atoms with Crippen molar-refractivity contribution in [2.75, 3.05) is 10.6 Å². The lowest BCUT2D eigenvalue weighted by Crippen LogP contribution is -2.33. The average Bonchev–Trinajstić information content (AvgIpc) is 3.49. The molecule has 0 radical (unpaired) electrons. The molecule has 2 aliphatic carbocycles. The van der Waals surface area contributed by atoms with E-state index in [-0.39, 0.29) is 5.56 Å². The SMILES string of the molecule is N[C@H]1CC[C@H](Nc2nc(NCc3ccc(C(=O)O)cc3)c3ncn(C4CCCC4)c3n2)CC1. The molecule has 9 nitrogen and oxygen atoms in total. The number of hydrogen-bond donors (Lipinski definition) is 4. The van der Waals surface area contributed by atoms with Crippen molar-refractivity contribution in [2.45, 2.75) is 76.0 Å². The first-order chi connectivity index (χ1) is 16.1. The number of benzene rings is 1. The van der Waals surface area contributed by atoms with Gasteiger partial charge in [-0.05, 0) is 56.2 Å². The number of carbonyl (C=O) groups is 1. The summed E-state index contributed by atoms with van der Waals surface area (Å²) in [6.45, 7) is 0.514. The Kier molecular flexibility index (Phi) is 6.13. The minimum Gasteiger partial charge on any atom is -0.478 e. The molecule has 2 aromatic heterocycles. The number of aromatic carboxylic acids is 1. The summed E-state index contributed by atoms with van der Waals surface area (Å²) < 4.78 is 2.21. The van der Waals surface area contributed by atoms with Crippen LogP contribution in [-0.2, 0) is 6.54 Å². The molecule has 0 unspecified atom stereocenters. The highest BCUT2D eigenvalue weighted by Crippen LogP contribution is 2.33. The molecule has 2 saturated carbocycles. The van der Waals surface area contributed by atoms with Gasteiger partial charge in [0.15, 0.2) is 17.0 Å². The Bertz CT molecular complexity index is 1110. The summed E-state index contributed by atoms with van der Waals surface area (Å²) in [6.07, 6.45) is 10.7. The zero-order valence-electron chi connectivity index (χ0n) is 18.7. The molecule has 0 spiro atoms. The van der Waals surface area contributed by atoms with Crippen LogP contribution in [0.2, 0.25) is 0 Å². The molecular formula is C24H31N7O2. The summed E-state index contributed by atoms with van der Waals surface area (Å²) in [5, 5.41) is 16.1. The molecule has 2 fully saturated rings. The van der Waals surface area contributed by atoms with E-state index in [1.54, 1.807) is 12.1 Å². The van der Waals surface area contributed by atoms with Crippen LogP contribution in [0.5, 0.6) is 0 Å². The van der Waals surface area contributed by atoms with Crippen molar-refractivity contribution in [1.29, 1.82) is 0 Å². The van der Waals surface area contributed by atoms with Crippen LogP contribution in [-0.4, -0.2) is 42.7 Å². The zero-order valence-corrected chi connectivity index (χ0v) is 18.7. The van der Waals surface area contributed by atoms with Crippen molar-refractivity contribution < 1.29 is 9.90 Å². The molecule has 174 valence electrons. The summed E-state index contributed by atoms with van der Waals surface area (Å²) in [5.41, 5.74) is 8.94. The molecule has 33 heavy (non-hydrogen) atoms. The number of anilines is 2. The van der Waals surface area contributed by atoms with Gasteiger partial charge in [-0.3, -0.25) is 0 Å². The van der Waals surface area contributed by atoms with Crippen molar-refractivity contribution >= 4 is 28.9 Å². The van der Waals surface area contributed by atoms with Crippen LogP contribution in [0.3, 0.4) is 0 Å². The lowest BCUT2D eigenvalue weighted by Gasteiger charge is -2.27. The van der Waals surface area contributed by atoms with E-state index in [4.69, 9.17) is 20.8 Å². The predicted octanol–water partition coefficient (Wildman–Crippen LogP) is 3.93. The van der Waals surface area contributed by atoms with Gasteiger partial charge in [-0.2, -0.15) is 9.97 Å². The van der Waals surface area contributed by atoms with E-state index >= 15 is 0 Å². The van der Waals surface area contributed by atoms with E-state index in [0.29, 0.717) is 36.4 Å². The molecular weight excluding hydrogens is 418 g/mol. The van der Waals surface area contributed by atoms with Crippen LogP contribution in [0.4, 0.5) is 11.8 Å². The summed E-state index contributed by atoms with van der Waals surface area (Å²) in [6, 6.07) is 7.91. The van der Waals surface area contributed by atoms with Crippen molar-refractivity contribution in [3.8, 4) is 0 Å². The molecule has 0 aliphatic heterocycles. The highest BCUT2D eigenvalue weighted by molar-refractivity contribution is 5.87. The molecule has 9 heteroatoms. The molecule has 0 amide bonds. The third-order valence-corrected chi connectivity index (χ3v) is 6.91. The van der Waals surface area contributed by atoms with Gasteiger partial charge in [-0.25, -0.2) is 9.78 Å². The first-order valence-electron chi connectivity index (χ1n) is 11.9. The van der Waals surface area contributed by atoms with Crippen LogP contribution in [0.15, 0.2) is 30.6 Å². The van der Waals surface area contributed by atoms with Crippen molar-refractivity contribution in [3.63, 3.8) is 0 Å². The minimum absolute atomic E-state index is 0.275. The Morgan fingerprint density at radius 2 is 1.79 bits per heavy atom. The Morgan fingerprint density at radius 1 is 1.06 bits per heavy atom. The predicted molar refractivity (Wildman–Crippen MR) is 127 cm³/mol. The van der Waals surface area contributed by atoms with Crippen molar-refractivity contribution in [1.82, 2.24) is 19.5 Å². The lowest BCUT2D eigenvalue weighted by atomic mass is 9.92. The molecule has 0 bridgehead atoms. The maximum Gasteiger partial charge on any atom is 0.335 e.